The zero-order valence-corrected chi connectivity index (χ0v) is 15.2. The van der Waals surface area contributed by atoms with Crippen LogP contribution in [0.3, 0.4) is 0 Å². The number of hydrogen-bond donors (Lipinski definition) is 1. The first-order valence-corrected chi connectivity index (χ1v) is 9.06. The monoisotopic (exact) mass is 402 g/mol. The Morgan fingerprint density at radius 3 is 2.38 bits per heavy atom. The highest BCUT2D eigenvalue weighted by molar-refractivity contribution is 5.91. The summed E-state index contributed by atoms with van der Waals surface area (Å²) in [5.41, 5.74) is -1.18. The van der Waals surface area contributed by atoms with E-state index in [2.05, 4.69) is 10.4 Å². The summed E-state index contributed by atoms with van der Waals surface area (Å²) in [5.74, 6) is -0.0632. The molecule has 0 atom stereocenters. The maximum Gasteiger partial charge on any atom is 0.418 e. The fourth-order valence-electron chi connectivity index (χ4n) is 3.12. The predicted octanol–water partition coefficient (Wildman–Crippen LogP) is 3.57. The minimum atomic E-state index is -4.60. The largest absolute Gasteiger partial charge is 0.418 e. The van der Waals surface area contributed by atoms with E-state index in [4.69, 9.17) is 0 Å². The molecule has 1 saturated carbocycles. The third kappa shape index (κ3) is 3.94. The van der Waals surface area contributed by atoms with Crippen molar-refractivity contribution in [1.29, 1.82) is 0 Å². The molecule has 29 heavy (non-hydrogen) atoms. The third-order valence-corrected chi connectivity index (χ3v) is 4.62. The zero-order valence-electron chi connectivity index (χ0n) is 15.2. The quantitative estimate of drug-likeness (QED) is 0.710. The van der Waals surface area contributed by atoms with Crippen LogP contribution in [0, 0.1) is 0 Å². The number of carbonyl (C=O) groups excluding carboxylic acids is 1. The summed E-state index contributed by atoms with van der Waals surface area (Å²) < 4.78 is 41.8. The molecule has 0 unspecified atom stereocenters. The third-order valence-electron chi connectivity index (χ3n) is 4.62. The van der Waals surface area contributed by atoms with E-state index in [9.17, 15) is 22.8 Å². The lowest BCUT2D eigenvalue weighted by Crippen LogP contribution is -2.30. The first kappa shape index (κ1) is 19.0. The fraction of sp³-hybridized carbons (Fsp3) is 0.250. The van der Waals surface area contributed by atoms with Crippen molar-refractivity contribution in [2.75, 3.05) is 5.32 Å². The topological polar surface area (TPSA) is 68.9 Å². The van der Waals surface area contributed by atoms with Gasteiger partial charge >= 0.3 is 11.9 Å². The highest BCUT2D eigenvalue weighted by Gasteiger charge is 2.34. The summed E-state index contributed by atoms with van der Waals surface area (Å²) in [6.45, 7) is -0.482. The zero-order chi connectivity index (χ0) is 20.6. The average Bonchev–Trinajstić information content (AvgIpc) is 3.47. The van der Waals surface area contributed by atoms with Crippen LogP contribution in [-0.2, 0) is 17.5 Å². The molecule has 4 rings (SSSR count). The molecule has 0 spiro atoms. The van der Waals surface area contributed by atoms with Gasteiger partial charge in [-0.1, -0.05) is 30.3 Å². The molecule has 1 aromatic heterocycles. The first-order chi connectivity index (χ1) is 13.8. The van der Waals surface area contributed by atoms with Crippen molar-refractivity contribution in [3.05, 3.63) is 76.5 Å². The van der Waals surface area contributed by atoms with Crippen molar-refractivity contribution >= 4 is 11.6 Å². The average molecular weight is 402 g/mol. The Morgan fingerprint density at radius 1 is 1.07 bits per heavy atom. The van der Waals surface area contributed by atoms with Crippen LogP contribution in [0.2, 0.25) is 0 Å². The van der Waals surface area contributed by atoms with Crippen LogP contribution in [0.15, 0.2) is 59.4 Å². The summed E-state index contributed by atoms with van der Waals surface area (Å²) in [6.07, 6.45) is -2.81. The summed E-state index contributed by atoms with van der Waals surface area (Å²) in [7, 11) is 0. The van der Waals surface area contributed by atoms with Crippen molar-refractivity contribution < 1.29 is 18.0 Å². The van der Waals surface area contributed by atoms with Crippen LogP contribution in [0.4, 0.5) is 18.9 Å². The van der Waals surface area contributed by atoms with Crippen LogP contribution in [0.5, 0.6) is 0 Å². The molecule has 3 aromatic rings. The molecule has 1 aliphatic rings. The second-order valence-corrected chi connectivity index (χ2v) is 6.84. The Bertz CT molecular complexity index is 1100. The van der Waals surface area contributed by atoms with Crippen molar-refractivity contribution in [2.24, 2.45) is 0 Å². The molecule has 1 aliphatic carbocycles. The fourth-order valence-corrected chi connectivity index (χ4v) is 3.12. The Hall–Kier alpha value is -3.36. The molecule has 0 saturated heterocycles. The van der Waals surface area contributed by atoms with Crippen LogP contribution in [0.25, 0.3) is 5.69 Å². The minimum Gasteiger partial charge on any atom is -0.324 e. The molecule has 0 bridgehead atoms. The number of alkyl halides is 3. The van der Waals surface area contributed by atoms with Gasteiger partial charge in [0.1, 0.15) is 12.4 Å². The molecule has 9 heteroatoms. The smallest absolute Gasteiger partial charge is 0.324 e. The molecule has 1 N–H and O–H groups in total. The van der Waals surface area contributed by atoms with Crippen molar-refractivity contribution in [2.45, 2.75) is 31.5 Å². The lowest BCUT2D eigenvalue weighted by atomic mass is 10.1. The first-order valence-electron chi connectivity index (χ1n) is 9.06. The number of hydrogen-bond acceptors (Lipinski definition) is 3. The standard InChI is InChI=1S/C20H17F3N4O2/c21-20(22,23)15-8-4-5-9-16(15)24-17(28)12-26-19(29)27(14-6-2-1-3-7-14)18(25-26)13-10-11-13/h1-9,13H,10-12H2,(H,24,28). The Labute approximate surface area is 163 Å². The summed E-state index contributed by atoms with van der Waals surface area (Å²) in [4.78, 5) is 25.2. The lowest BCUT2D eigenvalue weighted by Gasteiger charge is -2.13. The molecule has 1 heterocycles. The molecular formula is C20H17F3N4O2. The number of para-hydroxylation sites is 2. The van der Waals surface area contributed by atoms with Crippen LogP contribution in [0.1, 0.15) is 30.1 Å². The molecule has 150 valence electrons. The van der Waals surface area contributed by atoms with Crippen molar-refractivity contribution in [3.8, 4) is 5.69 Å². The number of nitrogens with one attached hydrogen (secondary N) is 1. The number of amides is 1. The van der Waals surface area contributed by atoms with E-state index in [1.54, 1.807) is 24.3 Å². The summed E-state index contributed by atoms with van der Waals surface area (Å²) in [5, 5.41) is 6.52. The van der Waals surface area contributed by atoms with E-state index in [-0.39, 0.29) is 11.6 Å². The molecular weight excluding hydrogens is 385 g/mol. The predicted molar refractivity (Wildman–Crippen MR) is 99.9 cm³/mol. The van der Waals surface area contributed by atoms with Crippen LogP contribution < -0.4 is 11.0 Å². The van der Waals surface area contributed by atoms with Gasteiger partial charge in [-0.3, -0.25) is 4.79 Å². The van der Waals surface area contributed by atoms with E-state index in [0.29, 0.717) is 11.5 Å². The second kappa shape index (κ2) is 7.23. The number of benzene rings is 2. The minimum absolute atomic E-state index is 0.137. The van der Waals surface area contributed by atoms with Crippen LogP contribution in [-0.4, -0.2) is 20.3 Å². The maximum absolute atomic E-state index is 13.1. The number of halogens is 3. The molecule has 2 aromatic carbocycles. The van der Waals surface area contributed by atoms with Gasteiger partial charge in [0, 0.05) is 5.92 Å². The van der Waals surface area contributed by atoms with Gasteiger partial charge in [-0.15, -0.1) is 0 Å². The number of aromatic nitrogens is 3. The van der Waals surface area contributed by atoms with Crippen molar-refractivity contribution in [1.82, 2.24) is 14.3 Å². The van der Waals surface area contributed by atoms with Gasteiger partial charge in [0.15, 0.2) is 0 Å². The van der Waals surface area contributed by atoms with Crippen LogP contribution >= 0.6 is 0 Å². The second-order valence-electron chi connectivity index (χ2n) is 6.84. The van der Waals surface area contributed by atoms with Gasteiger partial charge in [0.2, 0.25) is 5.91 Å². The van der Waals surface area contributed by atoms with Gasteiger partial charge in [-0.2, -0.15) is 18.3 Å². The SMILES string of the molecule is O=C(Cn1nc(C2CC2)n(-c2ccccc2)c1=O)Nc1ccccc1C(F)(F)F. The van der Waals surface area contributed by atoms with Gasteiger partial charge in [-0.25, -0.2) is 14.0 Å². The summed E-state index contributed by atoms with van der Waals surface area (Å²) in [6, 6.07) is 13.6. The van der Waals surface area contributed by atoms with Gasteiger partial charge < -0.3 is 5.32 Å². The lowest BCUT2D eigenvalue weighted by molar-refractivity contribution is -0.137. The molecule has 6 nitrogen and oxygen atoms in total. The Kier molecular flexibility index (Phi) is 4.73. The molecule has 0 radical (unpaired) electrons. The number of rotatable bonds is 5. The van der Waals surface area contributed by atoms with Gasteiger partial charge in [0.25, 0.3) is 0 Å². The van der Waals surface area contributed by atoms with E-state index in [0.717, 1.165) is 23.6 Å². The highest BCUT2D eigenvalue weighted by Crippen LogP contribution is 2.39. The maximum atomic E-state index is 13.1. The molecule has 1 amide bonds. The van der Waals surface area contributed by atoms with E-state index in [1.807, 2.05) is 6.07 Å². The van der Waals surface area contributed by atoms with E-state index < -0.39 is 29.9 Å². The Morgan fingerprint density at radius 2 is 1.72 bits per heavy atom. The Balaban J connectivity index is 1.61. The summed E-state index contributed by atoms with van der Waals surface area (Å²) >= 11 is 0. The van der Waals surface area contributed by atoms with E-state index >= 15 is 0 Å². The number of carbonyl (C=O) groups is 1. The van der Waals surface area contributed by atoms with Crippen molar-refractivity contribution in [3.63, 3.8) is 0 Å². The normalized spacial score (nSPS) is 14.0. The molecule has 1 fully saturated rings. The highest BCUT2D eigenvalue weighted by atomic mass is 19.4. The van der Waals surface area contributed by atoms with Gasteiger partial charge in [-0.05, 0) is 37.1 Å². The number of anilines is 1. The number of nitrogens with zero attached hydrogens (tertiary/aromatic N) is 3. The van der Waals surface area contributed by atoms with E-state index in [1.165, 1.54) is 22.8 Å². The molecule has 0 aliphatic heterocycles. The van der Waals surface area contributed by atoms with Gasteiger partial charge in [0.05, 0.1) is 16.9 Å².